The highest BCUT2D eigenvalue weighted by molar-refractivity contribution is 5.79. The molecule has 1 heterocycles. The first kappa shape index (κ1) is 13.1. The Morgan fingerprint density at radius 1 is 1.50 bits per heavy atom. The number of nitrogens with two attached hydrogens (primary N) is 2. The number of hydrogen-bond donors (Lipinski definition) is 2. The first-order chi connectivity index (χ1) is 8.43. The van der Waals surface area contributed by atoms with Crippen LogP contribution in [0.1, 0.15) is 55.7 Å². The Morgan fingerprint density at radius 3 is 2.72 bits per heavy atom. The third-order valence-corrected chi connectivity index (χ3v) is 3.90. The number of hydrogen-bond acceptors (Lipinski definition) is 2. The molecule has 4 heteroatoms. The van der Waals surface area contributed by atoms with E-state index in [4.69, 9.17) is 11.5 Å². The van der Waals surface area contributed by atoms with E-state index >= 15 is 0 Å². The minimum Gasteiger partial charge on any atom is -0.368 e. The first-order valence-corrected chi connectivity index (χ1v) is 6.69. The van der Waals surface area contributed by atoms with Crippen LogP contribution in [0.5, 0.6) is 0 Å². The Balaban J connectivity index is 2.53. The Labute approximate surface area is 108 Å². The fraction of sp³-hybridized carbons (Fsp3) is 0.643. The number of fused-ring (bicyclic) bond motifs is 1. The summed E-state index contributed by atoms with van der Waals surface area (Å²) in [7, 11) is 0. The van der Waals surface area contributed by atoms with Crippen molar-refractivity contribution in [3.05, 3.63) is 23.0 Å². The summed E-state index contributed by atoms with van der Waals surface area (Å²) in [5.74, 6) is -0.0681. The Kier molecular flexibility index (Phi) is 3.48. The highest BCUT2D eigenvalue weighted by Gasteiger charge is 2.29. The van der Waals surface area contributed by atoms with Gasteiger partial charge >= 0.3 is 0 Å². The average molecular weight is 249 g/mol. The molecule has 1 aliphatic rings. The number of aromatic nitrogens is 1. The van der Waals surface area contributed by atoms with Crippen LogP contribution in [-0.4, -0.2) is 10.5 Å². The number of rotatable bonds is 3. The molecule has 2 atom stereocenters. The van der Waals surface area contributed by atoms with Gasteiger partial charge in [0.05, 0.1) is 0 Å². The van der Waals surface area contributed by atoms with Crippen LogP contribution in [0, 0.1) is 12.8 Å². The molecule has 0 saturated carbocycles. The van der Waals surface area contributed by atoms with E-state index in [1.54, 1.807) is 0 Å². The number of amides is 1. The zero-order valence-electron chi connectivity index (χ0n) is 11.4. The molecule has 1 aliphatic carbocycles. The van der Waals surface area contributed by atoms with Gasteiger partial charge in [-0.05, 0) is 43.7 Å². The molecule has 4 nitrogen and oxygen atoms in total. The second kappa shape index (κ2) is 4.76. The summed E-state index contributed by atoms with van der Waals surface area (Å²) in [5.41, 5.74) is 15.2. The van der Waals surface area contributed by atoms with Gasteiger partial charge in [0.15, 0.2) is 0 Å². The molecule has 2 rings (SSSR count). The summed E-state index contributed by atoms with van der Waals surface area (Å²) < 4.78 is 2.11. The van der Waals surface area contributed by atoms with Crippen molar-refractivity contribution in [2.24, 2.45) is 17.4 Å². The number of carbonyl (C=O) groups excluding carboxylic acids is 1. The van der Waals surface area contributed by atoms with Gasteiger partial charge in [0.1, 0.15) is 6.04 Å². The maximum atomic E-state index is 11.7. The van der Waals surface area contributed by atoms with Crippen LogP contribution in [0.15, 0.2) is 6.07 Å². The smallest absolute Gasteiger partial charge is 0.240 e. The van der Waals surface area contributed by atoms with Gasteiger partial charge in [-0.1, -0.05) is 13.8 Å². The average Bonchev–Trinajstić information content (AvgIpc) is 2.57. The van der Waals surface area contributed by atoms with Gasteiger partial charge < -0.3 is 16.0 Å². The number of primary amides is 1. The summed E-state index contributed by atoms with van der Waals surface area (Å²) in [6, 6.07) is 1.96. The van der Waals surface area contributed by atoms with Crippen molar-refractivity contribution in [2.75, 3.05) is 0 Å². The van der Waals surface area contributed by atoms with Crippen molar-refractivity contribution in [1.82, 2.24) is 4.57 Å². The van der Waals surface area contributed by atoms with E-state index in [9.17, 15) is 4.79 Å². The Hall–Kier alpha value is -1.29. The predicted molar refractivity (Wildman–Crippen MR) is 72.1 cm³/mol. The zero-order valence-corrected chi connectivity index (χ0v) is 11.4. The number of aryl methyl sites for hydroxylation is 1. The molecular weight excluding hydrogens is 226 g/mol. The summed E-state index contributed by atoms with van der Waals surface area (Å²) in [6.07, 6.45) is 3.11. The topological polar surface area (TPSA) is 74.0 Å². The largest absolute Gasteiger partial charge is 0.368 e. The van der Waals surface area contributed by atoms with Gasteiger partial charge in [-0.15, -0.1) is 0 Å². The lowest BCUT2D eigenvalue weighted by molar-refractivity contribution is -0.122. The minimum atomic E-state index is -0.265. The first-order valence-electron chi connectivity index (χ1n) is 6.69. The summed E-state index contributed by atoms with van der Waals surface area (Å²) in [6.45, 7) is 6.09. The molecule has 0 aliphatic heterocycles. The maximum absolute atomic E-state index is 11.7. The molecule has 1 aromatic heterocycles. The van der Waals surface area contributed by atoms with Gasteiger partial charge in [-0.2, -0.15) is 0 Å². The van der Waals surface area contributed by atoms with E-state index in [0.29, 0.717) is 0 Å². The van der Waals surface area contributed by atoms with Gasteiger partial charge in [0.2, 0.25) is 5.91 Å². The van der Waals surface area contributed by atoms with Gasteiger partial charge in [-0.3, -0.25) is 4.79 Å². The molecule has 100 valence electrons. The lowest BCUT2D eigenvalue weighted by atomic mass is 9.93. The Morgan fingerprint density at radius 2 is 2.17 bits per heavy atom. The monoisotopic (exact) mass is 249 g/mol. The van der Waals surface area contributed by atoms with E-state index in [1.807, 2.05) is 20.8 Å². The summed E-state index contributed by atoms with van der Waals surface area (Å²) >= 11 is 0. The summed E-state index contributed by atoms with van der Waals surface area (Å²) in [4.78, 5) is 11.7. The van der Waals surface area contributed by atoms with Crippen LogP contribution in [0.2, 0.25) is 0 Å². The van der Waals surface area contributed by atoms with Crippen molar-refractivity contribution >= 4 is 5.91 Å². The highest BCUT2D eigenvalue weighted by atomic mass is 16.1. The Bertz CT molecular complexity index is 462. The lowest BCUT2D eigenvalue weighted by Crippen LogP contribution is -2.33. The molecular formula is C14H23N3O. The number of nitrogens with zero attached hydrogens (tertiary/aromatic N) is 1. The number of carbonyl (C=O) groups is 1. The molecule has 0 aromatic carbocycles. The molecule has 0 bridgehead atoms. The van der Waals surface area contributed by atoms with E-state index in [2.05, 4.69) is 10.6 Å². The van der Waals surface area contributed by atoms with Crippen molar-refractivity contribution < 1.29 is 4.79 Å². The van der Waals surface area contributed by atoms with Crippen molar-refractivity contribution in [3.63, 3.8) is 0 Å². The van der Waals surface area contributed by atoms with Crippen LogP contribution >= 0.6 is 0 Å². The predicted octanol–water partition coefficient (Wildman–Crippen LogP) is 1.82. The van der Waals surface area contributed by atoms with Crippen molar-refractivity contribution in [1.29, 1.82) is 0 Å². The second-order valence-electron chi connectivity index (χ2n) is 5.65. The zero-order chi connectivity index (χ0) is 13.4. The molecule has 0 radical (unpaired) electrons. The van der Waals surface area contributed by atoms with E-state index < -0.39 is 0 Å². The highest BCUT2D eigenvalue weighted by Crippen LogP contribution is 2.34. The molecule has 1 aromatic rings. The minimum absolute atomic E-state index is 0.106. The van der Waals surface area contributed by atoms with Crippen LogP contribution in [0.3, 0.4) is 0 Å². The third-order valence-electron chi connectivity index (χ3n) is 3.90. The maximum Gasteiger partial charge on any atom is 0.240 e. The standard InChI is InChI=1S/C14H23N3O/c1-8(2)13(14(16)18)17-9(3)7-10-11(15)5-4-6-12(10)17/h7-8,11,13H,4-6,15H2,1-3H3,(H2,16,18). The third kappa shape index (κ3) is 2.05. The molecule has 2 unspecified atom stereocenters. The van der Waals surface area contributed by atoms with E-state index in [-0.39, 0.29) is 23.9 Å². The quantitative estimate of drug-likeness (QED) is 0.857. The summed E-state index contributed by atoms with van der Waals surface area (Å²) in [5, 5.41) is 0. The molecule has 18 heavy (non-hydrogen) atoms. The van der Waals surface area contributed by atoms with Crippen LogP contribution in [-0.2, 0) is 11.2 Å². The normalized spacial score (nSPS) is 20.8. The van der Waals surface area contributed by atoms with Gasteiger partial charge in [0.25, 0.3) is 0 Å². The second-order valence-corrected chi connectivity index (χ2v) is 5.65. The van der Waals surface area contributed by atoms with Gasteiger partial charge in [0, 0.05) is 17.4 Å². The van der Waals surface area contributed by atoms with Crippen molar-refractivity contribution in [2.45, 2.75) is 52.1 Å². The molecule has 1 amide bonds. The van der Waals surface area contributed by atoms with Crippen LogP contribution < -0.4 is 11.5 Å². The van der Waals surface area contributed by atoms with Crippen LogP contribution in [0.4, 0.5) is 0 Å². The SMILES string of the molecule is Cc1cc2c(n1C(C(N)=O)C(C)C)CCCC2N. The molecule has 4 N–H and O–H groups in total. The van der Waals surface area contributed by atoms with Crippen molar-refractivity contribution in [3.8, 4) is 0 Å². The van der Waals surface area contributed by atoms with E-state index in [1.165, 1.54) is 11.3 Å². The molecule has 0 spiro atoms. The fourth-order valence-corrected chi connectivity index (χ4v) is 3.10. The fourth-order valence-electron chi connectivity index (χ4n) is 3.10. The van der Waals surface area contributed by atoms with E-state index in [0.717, 1.165) is 25.0 Å². The lowest BCUT2D eigenvalue weighted by Gasteiger charge is -2.27. The molecule has 0 fully saturated rings. The molecule has 0 saturated heterocycles. The van der Waals surface area contributed by atoms with Crippen LogP contribution in [0.25, 0.3) is 0 Å². The van der Waals surface area contributed by atoms with Gasteiger partial charge in [-0.25, -0.2) is 0 Å².